The third kappa shape index (κ3) is 5.61. The van der Waals surface area contributed by atoms with Crippen molar-refractivity contribution in [3.8, 4) is 5.75 Å². The zero-order valence-corrected chi connectivity index (χ0v) is 21.1. The van der Waals surface area contributed by atoms with Gasteiger partial charge in [-0.05, 0) is 61.9 Å². The fourth-order valence-electron chi connectivity index (χ4n) is 4.14. The Labute approximate surface area is 206 Å². The molecule has 1 atom stereocenters. The predicted molar refractivity (Wildman–Crippen MR) is 134 cm³/mol. The molecule has 4 rings (SSSR count). The molecular formula is C25H31Cl2FN4O. The minimum Gasteiger partial charge on any atom is -0.496 e. The first-order chi connectivity index (χ1) is 15.4. The van der Waals surface area contributed by atoms with Crippen LogP contribution in [0.15, 0.2) is 36.4 Å². The molecule has 1 aliphatic rings. The fraction of sp³-hybridized carbons (Fsp3) is 0.440. The highest BCUT2D eigenvalue weighted by atomic mass is 35.5. The standard InChI is InChI=1S/C25H30ClFN4O.ClH/c1-5-12-30-17(3)28-25(29-30)31(23-13-16(2)24(32-4)15-21(23)26)22(14-18-6-7-18)19-8-10-20(27)11-9-19;/h8-11,13,15,18,22H,5-7,12,14H2,1-4H3;1H/t22-;/m0./s1. The summed E-state index contributed by atoms with van der Waals surface area (Å²) in [6, 6.07) is 10.6. The van der Waals surface area contributed by atoms with Gasteiger partial charge in [-0.1, -0.05) is 43.5 Å². The van der Waals surface area contributed by atoms with Crippen LogP contribution in [-0.4, -0.2) is 21.9 Å². The fourth-order valence-corrected chi connectivity index (χ4v) is 4.39. The predicted octanol–water partition coefficient (Wildman–Crippen LogP) is 7.21. The van der Waals surface area contributed by atoms with Crippen molar-refractivity contribution in [2.75, 3.05) is 12.0 Å². The molecule has 1 aliphatic carbocycles. The summed E-state index contributed by atoms with van der Waals surface area (Å²) < 4.78 is 21.1. The van der Waals surface area contributed by atoms with Crippen LogP contribution in [0, 0.1) is 25.6 Å². The van der Waals surface area contributed by atoms with E-state index < -0.39 is 0 Å². The molecule has 0 N–H and O–H groups in total. The minimum atomic E-state index is -0.245. The Morgan fingerprint density at radius 1 is 1.21 bits per heavy atom. The van der Waals surface area contributed by atoms with E-state index in [0.29, 0.717) is 16.9 Å². The second kappa shape index (κ2) is 10.7. The molecule has 0 bridgehead atoms. The second-order valence-electron chi connectivity index (χ2n) is 8.57. The van der Waals surface area contributed by atoms with E-state index in [4.69, 9.17) is 26.4 Å². The molecule has 0 unspecified atom stereocenters. The lowest BCUT2D eigenvalue weighted by Gasteiger charge is -2.33. The van der Waals surface area contributed by atoms with Crippen LogP contribution >= 0.6 is 24.0 Å². The van der Waals surface area contributed by atoms with Crippen LogP contribution in [0.1, 0.15) is 55.6 Å². The van der Waals surface area contributed by atoms with Crippen LogP contribution in [0.25, 0.3) is 0 Å². The van der Waals surface area contributed by atoms with Gasteiger partial charge in [0.15, 0.2) is 0 Å². The first-order valence-electron chi connectivity index (χ1n) is 11.2. The highest BCUT2D eigenvalue weighted by Gasteiger charge is 2.34. The Morgan fingerprint density at radius 3 is 2.52 bits per heavy atom. The Hall–Kier alpha value is -2.31. The van der Waals surface area contributed by atoms with Crippen LogP contribution in [0.2, 0.25) is 5.02 Å². The Bertz CT molecular complexity index is 1080. The lowest BCUT2D eigenvalue weighted by molar-refractivity contribution is 0.411. The largest absolute Gasteiger partial charge is 0.496 e. The van der Waals surface area contributed by atoms with Gasteiger partial charge in [0.05, 0.1) is 23.9 Å². The van der Waals surface area contributed by atoms with Gasteiger partial charge in [-0.15, -0.1) is 17.5 Å². The molecule has 8 heteroatoms. The number of aryl methyl sites for hydroxylation is 3. The average Bonchev–Trinajstić information content (AvgIpc) is 3.52. The third-order valence-corrected chi connectivity index (χ3v) is 6.34. The summed E-state index contributed by atoms with van der Waals surface area (Å²) in [5.74, 6) is 2.59. The van der Waals surface area contributed by atoms with E-state index in [9.17, 15) is 4.39 Å². The summed E-state index contributed by atoms with van der Waals surface area (Å²) in [5.41, 5.74) is 2.83. The number of benzene rings is 2. The normalized spacial score (nSPS) is 14.0. The van der Waals surface area contributed by atoms with E-state index in [1.807, 2.05) is 42.8 Å². The van der Waals surface area contributed by atoms with Crippen molar-refractivity contribution in [2.45, 2.75) is 59.0 Å². The summed E-state index contributed by atoms with van der Waals surface area (Å²) >= 11 is 6.80. The maximum absolute atomic E-state index is 13.7. The number of halogens is 3. The maximum atomic E-state index is 13.7. The smallest absolute Gasteiger partial charge is 0.250 e. The van der Waals surface area contributed by atoms with Crippen molar-refractivity contribution >= 4 is 35.6 Å². The van der Waals surface area contributed by atoms with Gasteiger partial charge in [-0.3, -0.25) is 0 Å². The van der Waals surface area contributed by atoms with Crippen LogP contribution < -0.4 is 9.64 Å². The van der Waals surface area contributed by atoms with Crippen molar-refractivity contribution in [1.82, 2.24) is 14.8 Å². The van der Waals surface area contributed by atoms with Gasteiger partial charge < -0.3 is 9.64 Å². The molecule has 1 saturated carbocycles. The number of anilines is 2. The van der Waals surface area contributed by atoms with Gasteiger partial charge in [0, 0.05) is 12.6 Å². The first-order valence-corrected chi connectivity index (χ1v) is 11.6. The number of rotatable bonds is 9. The van der Waals surface area contributed by atoms with Gasteiger partial charge >= 0.3 is 0 Å². The zero-order valence-electron chi connectivity index (χ0n) is 19.5. The van der Waals surface area contributed by atoms with Gasteiger partial charge in [-0.2, -0.15) is 4.98 Å². The van der Waals surface area contributed by atoms with Gasteiger partial charge in [0.25, 0.3) is 0 Å². The number of aromatic nitrogens is 3. The quantitative estimate of drug-likeness (QED) is 0.316. The molecule has 1 fully saturated rings. The second-order valence-corrected chi connectivity index (χ2v) is 8.98. The summed E-state index contributed by atoms with van der Waals surface area (Å²) in [7, 11) is 1.64. The SMILES string of the molecule is CCCn1nc(N(c2cc(C)c(OC)cc2Cl)[C@@H](CC2CC2)c2ccc(F)cc2)nc1C.Cl. The highest BCUT2D eigenvalue weighted by molar-refractivity contribution is 6.33. The summed E-state index contributed by atoms with van der Waals surface area (Å²) in [5, 5.41) is 5.42. The lowest BCUT2D eigenvalue weighted by atomic mass is 9.98. The van der Waals surface area contributed by atoms with Gasteiger partial charge in [-0.25, -0.2) is 9.07 Å². The number of ether oxygens (including phenoxy) is 1. The summed E-state index contributed by atoms with van der Waals surface area (Å²) in [4.78, 5) is 6.95. The Kier molecular flexibility index (Phi) is 8.24. The van der Waals surface area contributed by atoms with Crippen LogP contribution in [0.4, 0.5) is 16.0 Å². The van der Waals surface area contributed by atoms with Crippen molar-refractivity contribution in [2.24, 2.45) is 5.92 Å². The van der Waals surface area contributed by atoms with Crippen molar-refractivity contribution < 1.29 is 9.13 Å². The van der Waals surface area contributed by atoms with E-state index in [-0.39, 0.29) is 24.3 Å². The Morgan fingerprint density at radius 2 is 1.91 bits per heavy atom. The van der Waals surface area contributed by atoms with Crippen LogP contribution in [-0.2, 0) is 6.54 Å². The van der Waals surface area contributed by atoms with Crippen molar-refractivity contribution in [3.63, 3.8) is 0 Å². The van der Waals surface area contributed by atoms with Crippen molar-refractivity contribution in [1.29, 1.82) is 0 Å². The molecule has 5 nitrogen and oxygen atoms in total. The molecule has 0 amide bonds. The summed E-state index contributed by atoms with van der Waals surface area (Å²) in [6.07, 6.45) is 4.30. The van der Waals surface area contributed by atoms with E-state index in [1.165, 1.54) is 25.0 Å². The maximum Gasteiger partial charge on any atom is 0.250 e. The molecule has 2 aromatic carbocycles. The molecule has 0 aliphatic heterocycles. The summed E-state index contributed by atoms with van der Waals surface area (Å²) in [6.45, 7) is 6.89. The molecule has 1 aromatic heterocycles. The van der Waals surface area contributed by atoms with Crippen LogP contribution in [0.3, 0.4) is 0 Å². The van der Waals surface area contributed by atoms with Gasteiger partial charge in [0.1, 0.15) is 17.4 Å². The zero-order chi connectivity index (χ0) is 22.8. The van der Waals surface area contributed by atoms with E-state index >= 15 is 0 Å². The third-order valence-electron chi connectivity index (χ3n) is 6.04. The molecular weight excluding hydrogens is 462 g/mol. The molecule has 0 radical (unpaired) electrons. The molecule has 178 valence electrons. The van der Waals surface area contributed by atoms with E-state index in [2.05, 4.69) is 11.8 Å². The number of hydrogen-bond acceptors (Lipinski definition) is 4. The topological polar surface area (TPSA) is 43.2 Å². The molecule has 0 saturated heterocycles. The number of nitrogens with zero attached hydrogens (tertiary/aromatic N) is 4. The highest BCUT2D eigenvalue weighted by Crippen LogP contribution is 2.46. The molecule has 0 spiro atoms. The van der Waals surface area contributed by atoms with E-state index in [0.717, 1.165) is 47.8 Å². The monoisotopic (exact) mass is 492 g/mol. The average molecular weight is 493 g/mol. The number of methoxy groups -OCH3 is 1. The first kappa shape index (κ1) is 25.3. The minimum absolute atomic E-state index is 0. The lowest BCUT2D eigenvalue weighted by Crippen LogP contribution is -2.26. The molecule has 3 aromatic rings. The Balaban J connectivity index is 0.00000306. The van der Waals surface area contributed by atoms with Gasteiger partial charge in [0.2, 0.25) is 5.95 Å². The number of hydrogen-bond donors (Lipinski definition) is 0. The molecule has 33 heavy (non-hydrogen) atoms. The van der Waals surface area contributed by atoms with Crippen LogP contribution in [0.5, 0.6) is 5.75 Å². The molecule has 1 heterocycles. The van der Waals surface area contributed by atoms with Crippen molar-refractivity contribution in [3.05, 3.63) is 64.2 Å². The van der Waals surface area contributed by atoms with E-state index in [1.54, 1.807) is 7.11 Å².